The van der Waals surface area contributed by atoms with Gasteiger partial charge < -0.3 is 19.8 Å². The van der Waals surface area contributed by atoms with Crippen molar-refractivity contribution < 1.29 is 123 Å². The third-order valence-electron chi connectivity index (χ3n) is 3.28. The second-order valence-corrected chi connectivity index (χ2v) is 5.19. The number of carboxylic acid groups (broad SMARTS) is 2. The van der Waals surface area contributed by atoms with Crippen LogP contribution in [0.3, 0.4) is 0 Å². The van der Waals surface area contributed by atoms with Crippen LogP contribution in [0.1, 0.15) is 71.1 Å². The van der Waals surface area contributed by atoms with E-state index in [4.69, 9.17) is 0 Å². The minimum atomic E-state index is -1.36. The summed E-state index contributed by atoms with van der Waals surface area (Å²) in [5.74, 6) is -3.80. The Labute approximate surface area is 219 Å². The maximum atomic E-state index is 10.7. The summed E-state index contributed by atoms with van der Waals surface area (Å²) in [6.45, 7) is 2.20. The first-order valence-electron chi connectivity index (χ1n) is 7.65. The fourth-order valence-corrected chi connectivity index (χ4v) is 2.07. The van der Waals surface area contributed by atoms with Gasteiger partial charge in [-0.2, -0.15) is 0 Å². The molecule has 0 saturated heterocycles. The number of unbranched alkanes of at least 4 members (excludes halogenated alkanes) is 8. The van der Waals surface area contributed by atoms with Crippen molar-refractivity contribution >= 4 is 11.9 Å². The summed E-state index contributed by atoms with van der Waals surface area (Å²) >= 11 is 0. The first-order valence-corrected chi connectivity index (χ1v) is 7.65. The molecule has 116 valence electrons. The van der Waals surface area contributed by atoms with Crippen LogP contribution < -0.4 is 113 Å². The molecule has 0 amide bonds. The second-order valence-electron chi connectivity index (χ2n) is 5.19. The normalized spacial score (nSPS) is 11.5. The smallest absolute Gasteiger partial charge is 0.550 e. The molecule has 22 heavy (non-hydrogen) atoms. The largest absolute Gasteiger partial charge is 1.00 e. The second kappa shape index (κ2) is 21.0. The monoisotopic (exact) mass is 360 g/mol. The van der Waals surface area contributed by atoms with Gasteiger partial charge in [-0.25, -0.2) is 0 Å². The molecule has 0 bridgehead atoms. The molecular formula is C16H26K2O4. The van der Waals surface area contributed by atoms with Gasteiger partial charge in [-0.05, 0) is 19.3 Å². The van der Waals surface area contributed by atoms with Crippen molar-refractivity contribution in [3.05, 3.63) is 12.2 Å². The Morgan fingerprint density at radius 1 is 0.909 bits per heavy atom. The van der Waals surface area contributed by atoms with Gasteiger partial charge >= 0.3 is 103 Å². The zero-order valence-corrected chi connectivity index (χ0v) is 20.7. The van der Waals surface area contributed by atoms with Crippen LogP contribution in [0, 0.1) is 5.92 Å². The molecule has 0 fully saturated rings. The van der Waals surface area contributed by atoms with Crippen LogP contribution in [-0.4, -0.2) is 11.9 Å². The number of carbonyl (C=O) groups is 2. The van der Waals surface area contributed by atoms with E-state index in [1.54, 1.807) is 6.08 Å². The maximum absolute atomic E-state index is 10.7. The number of carboxylic acids is 2. The third-order valence-corrected chi connectivity index (χ3v) is 3.28. The predicted octanol–water partition coefficient (Wildman–Crippen LogP) is -4.41. The third kappa shape index (κ3) is 20.0. The standard InChI is InChI=1S/C16H28O4.2K/c1-2-3-4-5-6-7-8-9-10-11-12-14(16(19)20)13-15(17)18;;/h11-12,14H,2-10,13H2,1H3,(H,17,18)(H,19,20);;/q;2*+1/p-2. The number of aliphatic carboxylic acids is 2. The van der Waals surface area contributed by atoms with E-state index in [2.05, 4.69) is 6.92 Å². The molecule has 0 aliphatic carbocycles. The Balaban J connectivity index is -0.00000180. The quantitative estimate of drug-likeness (QED) is 0.189. The number of rotatable bonds is 13. The van der Waals surface area contributed by atoms with Gasteiger partial charge in [0.05, 0.1) is 0 Å². The molecular weight excluding hydrogens is 334 g/mol. The van der Waals surface area contributed by atoms with Crippen molar-refractivity contribution in [2.24, 2.45) is 5.92 Å². The van der Waals surface area contributed by atoms with Crippen LogP contribution >= 0.6 is 0 Å². The fourth-order valence-electron chi connectivity index (χ4n) is 2.07. The number of allylic oxidation sites excluding steroid dienone is 1. The molecule has 0 saturated carbocycles. The van der Waals surface area contributed by atoms with E-state index in [9.17, 15) is 19.8 Å². The zero-order chi connectivity index (χ0) is 15.2. The van der Waals surface area contributed by atoms with Crippen LogP contribution in [0.25, 0.3) is 0 Å². The van der Waals surface area contributed by atoms with E-state index in [0.717, 1.165) is 19.3 Å². The topological polar surface area (TPSA) is 80.3 Å². The molecule has 0 rings (SSSR count). The number of hydrogen-bond acceptors (Lipinski definition) is 4. The van der Waals surface area contributed by atoms with Crippen molar-refractivity contribution in [1.29, 1.82) is 0 Å². The fraction of sp³-hybridized carbons (Fsp3) is 0.750. The summed E-state index contributed by atoms with van der Waals surface area (Å²) in [7, 11) is 0. The van der Waals surface area contributed by atoms with E-state index in [-0.39, 0.29) is 103 Å². The minimum absolute atomic E-state index is 0. The molecule has 0 aliphatic heterocycles. The molecule has 0 aliphatic rings. The van der Waals surface area contributed by atoms with E-state index < -0.39 is 24.3 Å². The first kappa shape index (κ1) is 28.7. The van der Waals surface area contributed by atoms with Crippen molar-refractivity contribution in [3.63, 3.8) is 0 Å². The molecule has 0 N–H and O–H groups in total. The molecule has 0 aromatic carbocycles. The zero-order valence-electron chi connectivity index (χ0n) is 14.4. The minimum Gasteiger partial charge on any atom is -0.550 e. The summed E-state index contributed by atoms with van der Waals surface area (Å²) < 4.78 is 0. The number of carbonyl (C=O) groups excluding carboxylic acids is 2. The van der Waals surface area contributed by atoms with Crippen molar-refractivity contribution in [3.8, 4) is 0 Å². The van der Waals surface area contributed by atoms with Crippen LogP contribution in [0.15, 0.2) is 12.2 Å². The summed E-state index contributed by atoms with van der Waals surface area (Å²) in [5.41, 5.74) is 0. The van der Waals surface area contributed by atoms with Crippen LogP contribution in [-0.2, 0) is 9.59 Å². The Hall–Kier alpha value is 1.95. The summed E-state index contributed by atoms with van der Waals surface area (Å²) in [4.78, 5) is 21.0. The molecule has 6 heteroatoms. The molecule has 0 aromatic heterocycles. The van der Waals surface area contributed by atoms with Gasteiger partial charge in [0, 0.05) is 17.9 Å². The van der Waals surface area contributed by atoms with Gasteiger partial charge in [0.15, 0.2) is 0 Å². The molecule has 4 nitrogen and oxygen atoms in total. The molecule has 0 spiro atoms. The first-order chi connectivity index (χ1) is 9.57. The van der Waals surface area contributed by atoms with Gasteiger partial charge in [0.2, 0.25) is 0 Å². The van der Waals surface area contributed by atoms with Gasteiger partial charge in [-0.3, -0.25) is 0 Å². The van der Waals surface area contributed by atoms with E-state index in [0.29, 0.717) is 0 Å². The molecule has 0 aromatic rings. The average molecular weight is 361 g/mol. The van der Waals surface area contributed by atoms with Crippen LogP contribution in [0.2, 0.25) is 0 Å². The van der Waals surface area contributed by atoms with Crippen LogP contribution in [0.4, 0.5) is 0 Å². The van der Waals surface area contributed by atoms with Gasteiger partial charge in [-0.15, -0.1) is 0 Å². The molecule has 1 atom stereocenters. The maximum Gasteiger partial charge on any atom is 1.00 e. The molecule has 0 radical (unpaired) electrons. The van der Waals surface area contributed by atoms with Gasteiger partial charge in [-0.1, -0.05) is 64.0 Å². The van der Waals surface area contributed by atoms with Gasteiger partial charge in [0.1, 0.15) is 0 Å². The SMILES string of the molecule is CCCCCCCCCCC=CC(CC(=O)[O-])C(=O)[O-].[K+].[K+]. The van der Waals surface area contributed by atoms with E-state index >= 15 is 0 Å². The Morgan fingerprint density at radius 3 is 1.86 bits per heavy atom. The summed E-state index contributed by atoms with van der Waals surface area (Å²) in [6.07, 6.45) is 13.2. The van der Waals surface area contributed by atoms with Crippen molar-refractivity contribution in [1.82, 2.24) is 0 Å². The summed E-state index contributed by atoms with van der Waals surface area (Å²) in [5, 5.41) is 21.0. The van der Waals surface area contributed by atoms with Crippen molar-refractivity contribution in [2.75, 3.05) is 0 Å². The Morgan fingerprint density at radius 2 is 1.41 bits per heavy atom. The van der Waals surface area contributed by atoms with Crippen molar-refractivity contribution in [2.45, 2.75) is 71.1 Å². The molecule has 0 heterocycles. The van der Waals surface area contributed by atoms with Crippen LogP contribution in [0.5, 0.6) is 0 Å². The average Bonchev–Trinajstić information content (AvgIpc) is 2.39. The van der Waals surface area contributed by atoms with E-state index in [1.807, 2.05) is 0 Å². The Bertz CT molecular complexity index is 307. The summed E-state index contributed by atoms with van der Waals surface area (Å²) in [6, 6.07) is 0. The molecule has 1 unspecified atom stereocenters. The predicted molar refractivity (Wildman–Crippen MR) is 74.5 cm³/mol. The number of hydrogen-bond donors (Lipinski definition) is 0. The Kier molecular flexibility index (Phi) is 27.4. The van der Waals surface area contributed by atoms with Gasteiger partial charge in [0.25, 0.3) is 0 Å². The van der Waals surface area contributed by atoms with E-state index in [1.165, 1.54) is 44.6 Å².